The second kappa shape index (κ2) is 26.8. The Hall–Kier alpha value is -6.26. The van der Waals surface area contributed by atoms with Crippen LogP contribution in [0.5, 0.6) is 0 Å². The third kappa shape index (κ3) is 14.5. The number of carbonyl (C=O) groups excluding carboxylic acids is 2. The van der Waals surface area contributed by atoms with Gasteiger partial charge in [-0.3, -0.25) is 13.6 Å². The van der Waals surface area contributed by atoms with Gasteiger partial charge in [-0.25, -0.2) is 14.2 Å². The summed E-state index contributed by atoms with van der Waals surface area (Å²) < 4.78 is 90.6. The zero-order valence-electron chi connectivity index (χ0n) is 45.9. The van der Waals surface area contributed by atoms with E-state index in [1.54, 1.807) is 12.1 Å². The SMILES string of the molecule is C=CCOC(=O)O[C@@H]1[C@@H](NC(=O)OCC2c3ccccc3-c3ccccc32)[C@H](OC[C@H]2O[C@@H](O[Si](C)(C)C(C)(C)C)[C@H](N=[N+]=[N-])[C@@H](O)[C@@H]2OCc2ccccc2)O[C@H](COCc2ccccc2)[C@H]1OP1(=O)OCc2ccccc2CO1. The van der Waals surface area contributed by atoms with Gasteiger partial charge in [0.15, 0.2) is 27.0 Å². The Labute approximate surface area is 472 Å². The van der Waals surface area contributed by atoms with Crippen molar-refractivity contribution < 1.29 is 75.2 Å². The molecular weight excluding hydrogens is 1080 g/mol. The first-order valence-electron chi connectivity index (χ1n) is 26.8. The molecule has 0 spiro atoms. The number of phosphoric ester groups is 1. The molecule has 0 aromatic heterocycles. The molecule has 3 aliphatic heterocycles. The largest absolute Gasteiger partial charge is 0.509 e. The number of hydrogen-bond donors (Lipinski definition) is 2. The van der Waals surface area contributed by atoms with Crippen molar-refractivity contribution in [2.45, 2.75) is 133 Å². The highest BCUT2D eigenvalue weighted by atomic mass is 31.2. The van der Waals surface area contributed by atoms with Crippen molar-refractivity contribution in [3.63, 3.8) is 0 Å². The van der Waals surface area contributed by atoms with E-state index in [0.29, 0.717) is 11.1 Å². The summed E-state index contributed by atoms with van der Waals surface area (Å²) in [5.41, 5.74) is 16.7. The number of nitrogens with one attached hydrogen (secondary N) is 1. The summed E-state index contributed by atoms with van der Waals surface area (Å²) in [4.78, 5) is 31.6. The summed E-state index contributed by atoms with van der Waals surface area (Å²) in [6.07, 6.45) is -12.4. The van der Waals surface area contributed by atoms with Gasteiger partial charge in [-0.05, 0) is 68.2 Å². The molecule has 2 fully saturated rings. The fraction of sp³-hybridized carbons (Fsp3) is 0.424. The maximum Gasteiger partial charge on any atom is 0.509 e. The van der Waals surface area contributed by atoms with E-state index in [9.17, 15) is 24.8 Å². The predicted octanol–water partition coefficient (Wildman–Crippen LogP) is 11.2. The average Bonchev–Trinajstić information content (AvgIpc) is 3.73. The zero-order chi connectivity index (χ0) is 57.2. The lowest BCUT2D eigenvalue weighted by Crippen LogP contribution is -2.67. The second-order valence-corrected chi connectivity index (χ2v) is 27.9. The molecule has 1 aliphatic carbocycles. The van der Waals surface area contributed by atoms with E-state index < -0.39 is 96.3 Å². The third-order valence-corrected chi connectivity index (χ3v) is 20.9. The number of amides is 1. The van der Waals surface area contributed by atoms with Gasteiger partial charge in [0.05, 0.1) is 45.7 Å². The Balaban J connectivity index is 1.08. The van der Waals surface area contributed by atoms with E-state index in [4.69, 9.17) is 55.9 Å². The van der Waals surface area contributed by atoms with Crippen LogP contribution in [0, 0.1) is 0 Å². The standard InChI is InChI=1S/C59H69N4O16PSi/c1-7-30-69-58(66)77-54-50(61-57(65)72-35-46-44-28-18-16-26-42(44)43-27-17-19-29-45(43)46)55(75-47(36-68-31-38-20-10-8-11-21-38)53(54)78-80(67)73-33-40-24-14-15-25-41(40)34-74-80)71-37-48-52(70-32-39-22-12-9-13-23-39)51(64)49(62-63-60)56(76-48)79-81(5,6)59(2,3)4/h7-29,46-56,64H,1,30-37H2,2-6H3,(H,61,65)/t47-,48-,49-,50-,51-,52-,53-,54-,55-,56+/m1/s1. The maximum atomic E-state index is 14.9. The van der Waals surface area contributed by atoms with Crippen LogP contribution in [0.4, 0.5) is 9.59 Å². The molecule has 5 aromatic carbocycles. The lowest BCUT2D eigenvalue weighted by Gasteiger charge is -2.48. The number of aliphatic hydroxyl groups is 1. The van der Waals surface area contributed by atoms with Gasteiger partial charge in [-0.15, -0.1) is 0 Å². The van der Waals surface area contributed by atoms with Crippen molar-refractivity contribution in [2.24, 2.45) is 5.11 Å². The van der Waals surface area contributed by atoms with Crippen molar-refractivity contribution in [3.05, 3.63) is 190 Å². The summed E-state index contributed by atoms with van der Waals surface area (Å²) in [5, 5.41) is 18.7. The number of aliphatic hydroxyl groups excluding tert-OH is 1. The highest BCUT2D eigenvalue weighted by Gasteiger charge is 2.56. The minimum absolute atomic E-state index is 0.00290. The molecule has 5 aromatic rings. The van der Waals surface area contributed by atoms with Crippen LogP contribution < -0.4 is 5.32 Å². The molecule has 3 heterocycles. The first-order chi connectivity index (χ1) is 39.0. The number of alkyl carbamates (subject to hydrolysis) is 1. The zero-order valence-corrected chi connectivity index (χ0v) is 47.7. The van der Waals surface area contributed by atoms with Gasteiger partial charge in [-0.1, -0.05) is 172 Å². The molecule has 10 atom stereocenters. The van der Waals surface area contributed by atoms with Crippen molar-refractivity contribution in [1.29, 1.82) is 0 Å². The molecule has 81 heavy (non-hydrogen) atoms. The van der Waals surface area contributed by atoms with E-state index >= 15 is 0 Å². The molecule has 2 saturated heterocycles. The molecule has 0 bridgehead atoms. The lowest BCUT2D eigenvalue weighted by atomic mass is 9.96. The van der Waals surface area contributed by atoms with Crippen molar-refractivity contribution >= 4 is 28.4 Å². The van der Waals surface area contributed by atoms with Gasteiger partial charge in [-0.2, -0.15) is 0 Å². The Bertz CT molecular complexity index is 2960. The molecule has 20 nitrogen and oxygen atoms in total. The second-order valence-electron chi connectivity index (χ2n) is 21.5. The summed E-state index contributed by atoms with van der Waals surface area (Å²) in [5.74, 6) is -0.349. The lowest BCUT2D eigenvalue weighted by molar-refractivity contribution is -0.299. The average molecular weight is 1150 g/mol. The number of benzene rings is 5. The molecule has 0 saturated carbocycles. The van der Waals surface area contributed by atoms with Gasteiger partial charge in [0.1, 0.15) is 49.7 Å². The number of carbonyl (C=O) groups is 2. The minimum atomic E-state index is -4.62. The summed E-state index contributed by atoms with van der Waals surface area (Å²) in [7, 11) is -7.34. The maximum absolute atomic E-state index is 14.9. The molecule has 430 valence electrons. The van der Waals surface area contributed by atoms with Crippen molar-refractivity contribution in [3.8, 4) is 11.1 Å². The van der Waals surface area contributed by atoms with Gasteiger partial charge >= 0.3 is 20.1 Å². The van der Waals surface area contributed by atoms with E-state index in [-0.39, 0.29) is 57.2 Å². The number of ether oxygens (including phenoxy) is 8. The summed E-state index contributed by atoms with van der Waals surface area (Å²) >= 11 is 0. The minimum Gasteiger partial charge on any atom is -0.449 e. The highest BCUT2D eigenvalue weighted by Crippen LogP contribution is 2.55. The Morgan fingerprint density at radius 3 is 1.93 bits per heavy atom. The van der Waals surface area contributed by atoms with Crippen LogP contribution in [0.15, 0.2) is 151 Å². The van der Waals surface area contributed by atoms with Crippen LogP contribution in [0.25, 0.3) is 21.6 Å². The van der Waals surface area contributed by atoms with E-state index in [2.05, 4.69) is 21.9 Å². The highest BCUT2D eigenvalue weighted by molar-refractivity contribution is 7.48. The van der Waals surface area contributed by atoms with Gasteiger partial charge in [0, 0.05) is 10.8 Å². The van der Waals surface area contributed by atoms with E-state index in [0.717, 1.165) is 33.4 Å². The monoisotopic (exact) mass is 1150 g/mol. The fourth-order valence-electron chi connectivity index (χ4n) is 9.85. The number of phosphoric acid groups is 1. The quantitative estimate of drug-likeness (QED) is 0.0132. The van der Waals surface area contributed by atoms with E-state index in [1.165, 1.54) is 6.08 Å². The summed E-state index contributed by atoms with van der Waals surface area (Å²) in [6, 6.07) is 38.7. The van der Waals surface area contributed by atoms with Crippen molar-refractivity contribution in [2.75, 3.05) is 26.4 Å². The molecule has 0 radical (unpaired) electrons. The van der Waals surface area contributed by atoms with Gasteiger partial charge < -0.3 is 52.7 Å². The predicted molar refractivity (Wildman–Crippen MR) is 299 cm³/mol. The molecular formula is C59H69N4O16PSi. The summed E-state index contributed by atoms with van der Waals surface area (Å²) in [6.45, 7) is 12.3. The third-order valence-electron chi connectivity index (χ3n) is 15.1. The molecule has 22 heteroatoms. The first kappa shape index (κ1) is 59.4. The number of rotatable bonds is 21. The molecule has 2 N–H and O–H groups in total. The van der Waals surface area contributed by atoms with E-state index in [1.807, 2.05) is 155 Å². The topological polar surface area (TPSA) is 243 Å². The van der Waals surface area contributed by atoms with Crippen LogP contribution in [0.1, 0.15) is 60.1 Å². The van der Waals surface area contributed by atoms with Crippen molar-refractivity contribution in [1.82, 2.24) is 5.32 Å². The van der Waals surface area contributed by atoms with Crippen LogP contribution >= 0.6 is 7.82 Å². The number of nitrogens with zero attached hydrogens (tertiary/aromatic N) is 3. The molecule has 9 rings (SSSR count). The van der Waals surface area contributed by atoms with Crippen LogP contribution in [-0.2, 0) is 86.9 Å². The smallest absolute Gasteiger partial charge is 0.449 e. The Morgan fingerprint density at radius 2 is 1.32 bits per heavy atom. The van der Waals surface area contributed by atoms with Crippen LogP contribution in [-0.4, -0.2) is 113 Å². The molecule has 4 aliphatic rings. The number of hydrogen-bond acceptors (Lipinski definition) is 17. The van der Waals surface area contributed by atoms with Crippen LogP contribution in [0.2, 0.25) is 18.1 Å². The Kier molecular flexibility index (Phi) is 19.6. The molecule has 1 amide bonds. The van der Waals surface area contributed by atoms with Gasteiger partial charge in [0.2, 0.25) is 0 Å². The molecule has 0 unspecified atom stereocenters. The van der Waals surface area contributed by atoms with Crippen LogP contribution in [0.3, 0.4) is 0 Å². The van der Waals surface area contributed by atoms with Gasteiger partial charge in [0.25, 0.3) is 0 Å². The number of fused-ring (bicyclic) bond motifs is 4. The number of azide groups is 1. The fourth-order valence-corrected chi connectivity index (χ4v) is 12.3. The first-order valence-corrected chi connectivity index (χ1v) is 31.2. The normalized spacial score (nSPS) is 25.2. The Morgan fingerprint density at radius 1 is 0.753 bits per heavy atom.